The van der Waals surface area contributed by atoms with Crippen molar-refractivity contribution in [2.45, 2.75) is 19.8 Å². The summed E-state index contributed by atoms with van der Waals surface area (Å²) in [5, 5.41) is 17.5. The van der Waals surface area contributed by atoms with Crippen LogP contribution in [0.2, 0.25) is 0 Å². The average Bonchev–Trinajstić information content (AvgIpc) is 3.15. The molecule has 0 saturated heterocycles. The second-order valence-corrected chi connectivity index (χ2v) is 6.27. The number of aromatic nitrogens is 2. The van der Waals surface area contributed by atoms with Gasteiger partial charge in [-0.2, -0.15) is 0 Å². The lowest BCUT2D eigenvalue weighted by Gasteiger charge is -2.09. The van der Waals surface area contributed by atoms with Gasteiger partial charge in [-0.25, -0.2) is 14.6 Å². The van der Waals surface area contributed by atoms with Gasteiger partial charge in [-0.05, 0) is 30.9 Å². The third-order valence-corrected chi connectivity index (χ3v) is 4.30. The number of carbonyl (C=O) groups is 3. The number of benzene rings is 2. The molecule has 1 heterocycles. The highest BCUT2D eigenvalue weighted by Gasteiger charge is 2.13. The van der Waals surface area contributed by atoms with Gasteiger partial charge in [0.05, 0.1) is 19.1 Å². The number of carboxylic acid groups (broad SMARTS) is 2. The molecule has 0 aliphatic carbocycles. The van der Waals surface area contributed by atoms with E-state index in [1.165, 1.54) is 0 Å². The van der Waals surface area contributed by atoms with E-state index in [-0.39, 0.29) is 5.78 Å². The number of hydrogen-bond acceptors (Lipinski definition) is 5. The Morgan fingerprint density at radius 2 is 1.67 bits per heavy atom. The molecule has 0 bridgehead atoms. The van der Waals surface area contributed by atoms with Crippen molar-refractivity contribution in [2.24, 2.45) is 0 Å². The number of carboxylic acids is 2. The first kappa shape index (κ1) is 22.4. The van der Waals surface area contributed by atoms with E-state index < -0.39 is 11.9 Å². The van der Waals surface area contributed by atoms with Crippen LogP contribution in [0.4, 0.5) is 0 Å². The molecule has 0 spiro atoms. The Balaban J connectivity index is 0.000000343. The van der Waals surface area contributed by atoms with Crippen LogP contribution in [0.15, 0.2) is 54.9 Å². The number of methoxy groups -OCH3 is 1. The van der Waals surface area contributed by atoms with Crippen molar-refractivity contribution in [3.63, 3.8) is 0 Å². The molecular formula is C22H22N2O6. The Hall–Kier alpha value is -3.94. The number of hydrogen-bond donors (Lipinski definition) is 3. The largest absolute Gasteiger partial charge is 0.496 e. The first-order chi connectivity index (χ1) is 14.3. The molecule has 3 aromatic rings. The van der Waals surface area contributed by atoms with E-state index in [9.17, 15) is 14.4 Å². The lowest BCUT2D eigenvalue weighted by Crippen LogP contribution is -2.03. The van der Waals surface area contributed by atoms with Gasteiger partial charge in [-0.15, -0.1) is 0 Å². The van der Waals surface area contributed by atoms with Crippen molar-refractivity contribution >= 4 is 28.5 Å². The molecule has 156 valence electrons. The third-order valence-electron chi connectivity index (χ3n) is 4.30. The van der Waals surface area contributed by atoms with Crippen LogP contribution in [-0.2, 0) is 16.0 Å². The molecule has 0 saturated carbocycles. The number of imidazole rings is 1. The molecule has 0 aliphatic rings. The summed E-state index contributed by atoms with van der Waals surface area (Å²) in [7, 11) is 1.64. The Labute approximate surface area is 172 Å². The Kier molecular flexibility index (Phi) is 7.87. The van der Waals surface area contributed by atoms with Gasteiger partial charge in [0.2, 0.25) is 0 Å². The van der Waals surface area contributed by atoms with Crippen molar-refractivity contribution in [3.8, 4) is 5.75 Å². The van der Waals surface area contributed by atoms with Crippen molar-refractivity contribution < 1.29 is 29.3 Å². The van der Waals surface area contributed by atoms with E-state index in [0.29, 0.717) is 25.0 Å². The number of Topliss-reactive ketones (excluding diaryl/α,β-unsaturated/α-hetero) is 1. The van der Waals surface area contributed by atoms with E-state index in [4.69, 9.17) is 14.9 Å². The summed E-state index contributed by atoms with van der Waals surface area (Å²) in [4.78, 5) is 39.0. The van der Waals surface area contributed by atoms with Gasteiger partial charge in [-0.3, -0.25) is 4.79 Å². The standard InChI is InChI=1S/C18H18N2O2.C4H4O4/c1-12-16(20-11-19-12)8-9-17(21)14-7-10-18(22-2)15-6-4-3-5-13(14)15;5-3(6)1-2-4(7)8/h3-7,10-11H,8-9H2,1-2H3,(H,19,20);1-2H,(H,5,6)(H,7,8). The minimum atomic E-state index is -1.26. The third kappa shape index (κ3) is 6.03. The van der Waals surface area contributed by atoms with Crippen LogP contribution in [0.3, 0.4) is 0 Å². The van der Waals surface area contributed by atoms with E-state index in [1.807, 2.05) is 43.3 Å². The fourth-order valence-corrected chi connectivity index (χ4v) is 2.84. The lowest BCUT2D eigenvalue weighted by molar-refractivity contribution is -0.134. The maximum atomic E-state index is 12.6. The molecule has 0 atom stereocenters. The lowest BCUT2D eigenvalue weighted by atomic mass is 9.98. The molecule has 0 radical (unpaired) electrons. The maximum Gasteiger partial charge on any atom is 0.328 e. The first-order valence-electron chi connectivity index (χ1n) is 9.05. The number of fused-ring (bicyclic) bond motifs is 1. The molecular weight excluding hydrogens is 388 g/mol. The van der Waals surface area contributed by atoms with Crippen molar-refractivity contribution in [3.05, 3.63) is 71.8 Å². The van der Waals surface area contributed by atoms with Gasteiger partial charge in [-0.1, -0.05) is 24.3 Å². The Morgan fingerprint density at radius 1 is 1.03 bits per heavy atom. The predicted octanol–water partition coefficient (Wildman–Crippen LogP) is 3.41. The minimum absolute atomic E-state index is 0.126. The predicted molar refractivity (Wildman–Crippen MR) is 111 cm³/mol. The number of nitrogens with zero attached hydrogens (tertiary/aromatic N) is 1. The summed E-state index contributed by atoms with van der Waals surface area (Å²) >= 11 is 0. The van der Waals surface area contributed by atoms with Gasteiger partial charge < -0.3 is 19.9 Å². The molecule has 0 amide bonds. The molecule has 2 aromatic carbocycles. The summed E-state index contributed by atoms with van der Waals surface area (Å²) in [5.74, 6) is -1.60. The number of rotatable bonds is 7. The molecule has 0 fully saturated rings. The summed E-state index contributed by atoms with van der Waals surface area (Å²) < 4.78 is 5.37. The number of ether oxygens (including phenoxy) is 1. The molecule has 8 nitrogen and oxygen atoms in total. The van der Waals surface area contributed by atoms with Gasteiger partial charge >= 0.3 is 11.9 Å². The molecule has 30 heavy (non-hydrogen) atoms. The Bertz CT molecular complexity index is 1070. The van der Waals surface area contributed by atoms with Crippen LogP contribution < -0.4 is 4.74 Å². The van der Waals surface area contributed by atoms with Gasteiger partial charge in [0.15, 0.2) is 5.78 Å². The number of aromatic amines is 1. The van der Waals surface area contributed by atoms with Gasteiger partial charge in [0.25, 0.3) is 0 Å². The smallest absolute Gasteiger partial charge is 0.328 e. The summed E-state index contributed by atoms with van der Waals surface area (Å²) in [6, 6.07) is 11.5. The average molecular weight is 410 g/mol. The summed E-state index contributed by atoms with van der Waals surface area (Å²) in [5.41, 5.74) is 2.71. The van der Waals surface area contributed by atoms with Crippen LogP contribution in [0.1, 0.15) is 28.2 Å². The highest BCUT2D eigenvalue weighted by Crippen LogP contribution is 2.29. The van der Waals surface area contributed by atoms with Crippen molar-refractivity contribution in [1.29, 1.82) is 0 Å². The topological polar surface area (TPSA) is 130 Å². The van der Waals surface area contributed by atoms with Gasteiger partial charge in [0.1, 0.15) is 5.75 Å². The van der Waals surface area contributed by atoms with E-state index in [0.717, 1.165) is 33.5 Å². The van der Waals surface area contributed by atoms with Crippen LogP contribution >= 0.6 is 0 Å². The second-order valence-electron chi connectivity index (χ2n) is 6.27. The van der Waals surface area contributed by atoms with E-state index >= 15 is 0 Å². The zero-order valence-electron chi connectivity index (χ0n) is 16.6. The summed E-state index contributed by atoms with van der Waals surface area (Å²) in [6.07, 6.45) is 3.87. The van der Waals surface area contributed by atoms with Crippen LogP contribution in [-0.4, -0.2) is 45.0 Å². The number of H-pyrrole nitrogens is 1. The van der Waals surface area contributed by atoms with E-state index in [2.05, 4.69) is 9.97 Å². The normalized spacial score (nSPS) is 10.5. The molecule has 8 heteroatoms. The minimum Gasteiger partial charge on any atom is -0.496 e. The highest BCUT2D eigenvalue weighted by atomic mass is 16.5. The Morgan fingerprint density at radius 3 is 2.20 bits per heavy atom. The number of aliphatic carboxylic acids is 2. The molecule has 1 aromatic heterocycles. The van der Waals surface area contributed by atoms with Crippen molar-refractivity contribution in [1.82, 2.24) is 9.97 Å². The zero-order valence-corrected chi connectivity index (χ0v) is 16.6. The number of aryl methyl sites for hydroxylation is 2. The van der Waals surface area contributed by atoms with Crippen LogP contribution in [0.5, 0.6) is 5.75 Å². The summed E-state index contributed by atoms with van der Waals surface area (Å²) in [6.45, 7) is 1.97. The first-order valence-corrected chi connectivity index (χ1v) is 9.05. The molecule has 3 N–H and O–H groups in total. The number of nitrogens with one attached hydrogen (secondary N) is 1. The quantitative estimate of drug-likeness (QED) is 0.402. The molecule has 3 rings (SSSR count). The fraction of sp³-hybridized carbons (Fsp3) is 0.182. The highest BCUT2D eigenvalue weighted by molar-refractivity contribution is 6.09. The van der Waals surface area contributed by atoms with Gasteiger partial charge in [0, 0.05) is 35.2 Å². The van der Waals surface area contributed by atoms with Crippen molar-refractivity contribution in [2.75, 3.05) is 7.11 Å². The molecule has 0 unspecified atom stereocenters. The maximum absolute atomic E-state index is 12.6. The zero-order chi connectivity index (χ0) is 22.1. The number of ketones is 1. The fourth-order valence-electron chi connectivity index (χ4n) is 2.84. The van der Waals surface area contributed by atoms with E-state index in [1.54, 1.807) is 13.4 Å². The molecule has 0 aliphatic heterocycles. The van der Waals surface area contributed by atoms with Crippen LogP contribution in [0.25, 0.3) is 10.8 Å². The second kappa shape index (κ2) is 10.6. The number of carbonyl (C=O) groups excluding carboxylic acids is 1. The SMILES string of the molecule is COc1ccc(C(=O)CCc2nc[nH]c2C)c2ccccc12.O=C(O)C=CC(=O)O. The van der Waals surface area contributed by atoms with Crippen LogP contribution in [0, 0.1) is 6.92 Å². The monoisotopic (exact) mass is 410 g/mol.